The molecule has 210 valence electrons. The Balaban J connectivity index is 1.76. The highest BCUT2D eigenvalue weighted by molar-refractivity contribution is 6.01. The van der Waals surface area contributed by atoms with Crippen molar-refractivity contribution in [3.05, 3.63) is 23.8 Å². The first-order valence-electron chi connectivity index (χ1n) is 13.1. The van der Waals surface area contributed by atoms with Gasteiger partial charge >= 0.3 is 12.3 Å². The Morgan fingerprint density at radius 1 is 1.18 bits per heavy atom. The zero-order valence-corrected chi connectivity index (χ0v) is 22.7. The summed E-state index contributed by atoms with van der Waals surface area (Å²) < 4.78 is 37.9. The number of carbonyl (C=O) groups excluding carboxylic acids is 4. The van der Waals surface area contributed by atoms with E-state index in [1.165, 1.54) is 12.2 Å². The summed E-state index contributed by atoms with van der Waals surface area (Å²) in [5.74, 6) is -2.66. The Morgan fingerprint density at radius 2 is 1.87 bits per heavy atom. The highest BCUT2D eigenvalue weighted by atomic mass is 19.1. The molecule has 0 spiro atoms. The van der Waals surface area contributed by atoms with Crippen LogP contribution in [-0.4, -0.2) is 66.2 Å². The van der Waals surface area contributed by atoms with Crippen molar-refractivity contribution >= 4 is 23.9 Å². The van der Waals surface area contributed by atoms with Crippen LogP contribution in [0.1, 0.15) is 60.3 Å². The average Bonchev–Trinajstić information content (AvgIpc) is 3.05. The average molecular weight is 537 g/mol. The van der Waals surface area contributed by atoms with Gasteiger partial charge in [0.15, 0.2) is 23.7 Å². The first kappa shape index (κ1) is 28.3. The van der Waals surface area contributed by atoms with Crippen LogP contribution in [-0.2, 0) is 28.5 Å². The molecule has 3 saturated carbocycles. The first-order chi connectivity index (χ1) is 17.7. The third kappa shape index (κ3) is 3.81. The standard InChI is InChI=1S/C28H37FO9/c1-15(2)37-24(34)36-14-22(32)28(38-23(33)35-6)16(3)11-20-19-8-7-17-12-18(30)9-10-25(17,4)27(19,29)21(31)13-26(20,28)5/h9-10,12,15-16,19-21,31H,7-8,11,13-14H2,1-6H3/t16-,19+,20+,21+,25+,26+,27+,28+/m1/s1. The molecule has 0 aromatic heterocycles. The van der Waals surface area contributed by atoms with E-state index in [0.717, 1.165) is 7.11 Å². The highest BCUT2D eigenvalue weighted by Gasteiger charge is 2.77. The molecule has 4 aliphatic carbocycles. The van der Waals surface area contributed by atoms with E-state index >= 15 is 4.39 Å². The lowest BCUT2D eigenvalue weighted by molar-refractivity contribution is -0.221. The van der Waals surface area contributed by atoms with E-state index in [9.17, 15) is 24.3 Å². The number of fused-ring (bicyclic) bond motifs is 5. The van der Waals surface area contributed by atoms with Crippen LogP contribution in [0.3, 0.4) is 0 Å². The molecule has 0 amide bonds. The van der Waals surface area contributed by atoms with Gasteiger partial charge in [-0.15, -0.1) is 0 Å². The molecule has 8 atom stereocenters. The molecule has 1 N–H and O–H groups in total. The SMILES string of the molecule is COC(=O)O[C@]1(C(=O)COC(=O)OC(C)C)[C@H](C)C[C@H]2[C@@H]3CCC4=CC(=O)C=C[C@]4(C)[C@@]3(F)[C@@H](O)C[C@@]21C. The molecule has 9 nitrogen and oxygen atoms in total. The number of ether oxygens (including phenoxy) is 4. The fourth-order valence-corrected chi connectivity index (χ4v) is 8.03. The normalized spacial score (nSPS) is 41.4. The fourth-order valence-electron chi connectivity index (χ4n) is 8.03. The minimum atomic E-state index is -2.11. The topological polar surface area (TPSA) is 125 Å². The maximum absolute atomic E-state index is 17.4. The summed E-state index contributed by atoms with van der Waals surface area (Å²) in [4.78, 5) is 50.4. The van der Waals surface area contributed by atoms with Crippen LogP contribution < -0.4 is 0 Å². The van der Waals surface area contributed by atoms with E-state index in [-0.39, 0.29) is 12.2 Å². The number of aliphatic hydroxyl groups is 1. The van der Waals surface area contributed by atoms with Crippen molar-refractivity contribution in [2.75, 3.05) is 13.7 Å². The first-order valence-corrected chi connectivity index (χ1v) is 13.1. The molecule has 0 aromatic carbocycles. The highest BCUT2D eigenvalue weighted by Crippen LogP contribution is 2.71. The quantitative estimate of drug-likeness (QED) is 0.513. The summed E-state index contributed by atoms with van der Waals surface area (Å²) in [6.45, 7) is 7.70. The molecule has 3 fully saturated rings. The van der Waals surface area contributed by atoms with Crippen LogP contribution in [0.15, 0.2) is 23.8 Å². The molecule has 0 aliphatic heterocycles. The molecule has 4 rings (SSSR count). The lowest BCUT2D eigenvalue weighted by atomic mass is 9.44. The van der Waals surface area contributed by atoms with Gasteiger partial charge in [-0.2, -0.15) is 0 Å². The second-order valence-electron chi connectivity index (χ2n) is 11.8. The Labute approximate surface area is 221 Å². The number of halogens is 1. The third-order valence-electron chi connectivity index (χ3n) is 9.66. The van der Waals surface area contributed by atoms with Crippen molar-refractivity contribution in [1.29, 1.82) is 0 Å². The number of Topliss-reactive ketones (excluding diaryl/α,β-unsaturated/α-hetero) is 1. The summed E-state index contributed by atoms with van der Waals surface area (Å²) in [5.41, 5.74) is -5.71. The zero-order valence-electron chi connectivity index (χ0n) is 22.7. The molecule has 0 radical (unpaired) electrons. The largest absolute Gasteiger partial charge is 0.509 e. The number of aliphatic hydroxyl groups excluding tert-OH is 1. The van der Waals surface area contributed by atoms with E-state index in [2.05, 4.69) is 0 Å². The molecule has 38 heavy (non-hydrogen) atoms. The van der Waals surface area contributed by atoms with Gasteiger partial charge in [-0.05, 0) is 64.5 Å². The molecule has 0 aromatic rings. The smallest absolute Gasteiger partial charge is 0.438 e. The van der Waals surface area contributed by atoms with Gasteiger partial charge in [0.05, 0.1) is 19.3 Å². The Morgan fingerprint density at radius 3 is 2.50 bits per heavy atom. The van der Waals surface area contributed by atoms with Crippen molar-refractivity contribution < 1.29 is 47.6 Å². The number of ketones is 2. The number of carbonyl (C=O) groups is 4. The summed E-state index contributed by atoms with van der Waals surface area (Å²) >= 11 is 0. The van der Waals surface area contributed by atoms with Crippen LogP contribution >= 0.6 is 0 Å². The van der Waals surface area contributed by atoms with Crippen LogP contribution in [0, 0.1) is 28.6 Å². The predicted molar refractivity (Wildman–Crippen MR) is 132 cm³/mol. The van der Waals surface area contributed by atoms with Gasteiger partial charge in [0, 0.05) is 22.7 Å². The Kier molecular flexibility index (Phi) is 7.04. The van der Waals surface area contributed by atoms with Crippen molar-refractivity contribution in [2.24, 2.45) is 28.6 Å². The number of rotatable bonds is 5. The van der Waals surface area contributed by atoms with Crippen LogP contribution in [0.5, 0.6) is 0 Å². The van der Waals surface area contributed by atoms with E-state index in [1.54, 1.807) is 40.7 Å². The summed E-state index contributed by atoms with van der Waals surface area (Å²) in [6.07, 6.45) is 1.15. The van der Waals surface area contributed by atoms with Gasteiger partial charge < -0.3 is 24.1 Å². The van der Waals surface area contributed by atoms with Gasteiger partial charge in [-0.3, -0.25) is 9.59 Å². The van der Waals surface area contributed by atoms with Crippen LogP contribution in [0.4, 0.5) is 14.0 Å². The fraction of sp³-hybridized carbons (Fsp3) is 0.714. The van der Waals surface area contributed by atoms with Crippen molar-refractivity contribution in [3.63, 3.8) is 0 Å². The van der Waals surface area contributed by atoms with E-state index < -0.39 is 76.8 Å². The molecule has 0 heterocycles. The molecule has 0 saturated heterocycles. The van der Waals surface area contributed by atoms with Gasteiger partial charge in [-0.25, -0.2) is 14.0 Å². The summed E-state index contributed by atoms with van der Waals surface area (Å²) in [5, 5.41) is 11.5. The summed E-state index contributed by atoms with van der Waals surface area (Å²) in [6, 6.07) is 0. The lowest BCUT2D eigenvalue weighted by Gasteiger charge is -2.62. The molecule has 4 aliphatic rings. The number of hydrogen-bond donors (Lipinski definition) is 1. The second-order valence-corrected chi connectivity index (χ2v) is 11.8. The molecule has 0 unspecified atom stereocenters. The zero-order chi connectivity index (χ0) is 28.3. The van der Waals surface area contributed by atoms with Crippen LogP contribution in [0.2, 0.25) is 0 Å². The van der Waals surface area contributed by atoms with E-state index in [4.69, 9.17) is 18.9 Å². The maximum Gasteiger partial charge on any atom is 0.509 e. The minimum absolute atomic E-state index is 0.196. The number of allylic oxidation sites excluding steroid dienone is 4. The lowest BCUT2D eigenvalue weighted by Crippen LogP contribution is -2.70. The second kappa shape index (κ2) is 9.47. The van der Waals surface area contributed by atoms with Gasteiger partial charge in [0.25, 0.3) is 0 Å². The van der Waals surface area contributed by atoms with Crippen molar-refractivity contribution in [1.82, 2.24) is 0 Å². The van der Waals surface area contributed by atoms with Crippen molar-refractivity contribution in [2.45, 2.75) is 83.8 Å². The third-order valence-corrected chi connectivity index (χ3v) is 9.66. The molecule has 0 bridgehead atoms. The number of methoxy groups -OCH3 is 1. The van der Waals surface area contributed by atoms with Gasteiger partial charge in [-0.1, -0.05) is 25.5 Å². The molecule has 10 heteroatoms. The van der Waals surface area contributed by atoms with E-state index in [1.807, 2.05) is 0 Å². The number of alkyl halides is 1. The van der Waals surface area contributed by atoms with Gasteiger partial charge in [0.2, 0.25) is 5.78 Å². The molecular formula is C28H37FO9. The van der Waals surface area contributed by atoms with Crippen LogP contribution in [0.25, 0.3) is 0 Å². The summed E-state index contributed by atoms with van der Waals surface area (Å²) in [7, 11) is 1.12. The molecular weight excluding hydrogens is 499 g/mol. The minimum Gasteiger partial charge on any atom is -0.438 e. The van der Waals surface area contributed by atoms with Gasteiger partial charge in [0.1, 0.15) is 0 Å². The number of hydrogen-bond acceptors (Lipinski definition) is 9. The van der Waals surface area contributed by atoms with Crippen molar-refractivity contribution in [3.8, 4) is 0 Å². The Hall–Kier alpha value is -2.75. The maximum atomic E-state index is 17.4. The monoisotopic (exact) mass is 536 g/mol. The Bertz CT molecular complexity index is 1100. The predicted octanol–water partition coefficient (Wildman–Crippen LogP) is 4.26. The van der Waals surface area contributed by atoms with E-state index in [0.29, 0.717) is 24.8 Å².